The van der Waals surface area contributed by atoms with Crippen molar-refractivity contribution in [3.8, 4) is 5.75 Å². The van der Waals surface area contributed by atoms with Crippen molar-refractivity contribution in [2.45, 2.75) is 18.2 Å². The number of hydrogen-bond donors (Lipinski definition) is 3. The molecule has 0 aliphatic rings. The van der Waals surface area contributed by atoms with Gasteiger partial charge in [-0.15, -0.1) is 0 Å². The molecule has 0 atom stereocenters. The normalized spacial score (nSPS) is 11.2. The molecule has 0 radical (unpaired) electrons. The van der Waals surface area contributed by atoms with Crippen molar-refractivity contribution in [3.63, 3.8) is 0 Å². The number of aromatic hydroxyl groups is 1. The van der Waals surface area contributed by atoms with Gasteiger partial charge >= 0.3 is 5.97 Å². The Hall–Kier alpha value is -4.32. The molecule has 0 saturated heterocycles. The van der Waals surface area contributed by atoms with E-state index < -0.39 is 28.5 Å². The Bertz CT molecular complexity index is 1310. The fourth-order valence-corrected chi connectivity index (χ4v) is 3.71. The Morgan fingerprint density at radius 1 is 1.03 bits per heavy atom. The molecule has 0 bridgehead atoms. The average Bonchev–Trinajstić information content (AvgIpc) is 2.86. The Morgan fingerprint density at radius 2 is 1.74 bits per heavy atom. The quantitative estimate of drug-likeness (QED) is 0.284. The minimum atomic E-state index is -3.83. The average molecular weight is 498 g/mol. The molecule has 11 nitrogen and oxygen atoms in total. The maximum Gasteiger partial charge on any atom is 0.342 e. The number of esters is 1. The molecule has 2 aromatic carbocycles. The summed E-state index contributed by atoms with van der Waals surface area (Å²) >= 11 is 0. The van der Waals surface area contributed by atoms with Crippen LogP contribution in [0.25, 0.3) is 0 Å². The zero-order valence-corrected chi connectivity index (χ0v) is 19.5. The van der Waals surface area contributed by atoms with Crippen molar-refractivity contribution in [1.82, 2.24) is 10.3 Å². The lowest BCUT2D eigenvalue weighted by atomic mass is 10.2. The van der Waals surface area contributed by atoms with Crippen LogP contribution in [0.1, 0.15) is 23.7 Å². The van der Waals surface area contributed by atoms with Crippen LogP contribution in [-0.2, 0) is 19.6 Å². The number of rotatable bonds is 10. The minimum Gasteiger partial charge on any atom is -0.507 e. The van der Waals surface area contributed by atoms with Gasteiger partial charge in [-0.3, -0.25) is 9.52 Å². The van der Waals surface area contributed by atoms with E-state index >= 15 is 0 Å². The molecule has 0 aliphatic heterocycles. The molecular weight excluding hydrogens is 474 g/mol. The molecule has 1 aromatic heterocycles. The minimum absolute atomic E-state index is 0.0136. The maximum atomic E-state index is 12.5. The summed E-state index contributed by atoms with van der Waals surface area (Å²) in [6.45, 7) is 1.88. The number of aromatic nitrogens is 1. The fraction of sp³-hybridized carbons (Fsp3) is 0.174. The van der Waals surface area contributed by atoms with Crippen LogP contribution in [-0.4, -0.2) is 43.5 Å². The molecule has 0 saturated carbocycles. The third-order valence-electron chi connectivity index (χ3n) is 4.44. The van der Waals surface area contributed by atoms with E-state index in [-0.39, 0.29) is 27.7 Å². The first-order valence-corrected chi connectivity index (χ1v) is 12.0. The first-order chi connectivity index (χ1) is 16.8. The summed E-state index contributed by atoms with van der Waals surface area (Å²) in [6, 6.07) is 14.5. The third-order valence-corrected chi connectivity index (χ3v) is 5.81. The van der Waals surface area contributed by atoms with Gasteiger partial charge in [0.2, 0.25) is 0 Å². The number of anilines is 1. The van der Waals surface area contributed by atoms with Crippen LogP contribution in [0.3, 0.4) is 0 Å². The number of hydrogen-bond acceptors (Lipinski definition) is 9. The maximum absolute atomic E-state index is 12.5. The number of amides is 1. The van der Waals surface area contributed by atoms with Gasteiger partial charge in [0, 0.05) is 12.7 Å². The largest absolute Gasteiger partial charge is 0.507 e. The van der Waals surface area contributed by atoms with Crippen LogP contribution in [0.4, 0.5) is 17.2 Å². The van der Waals surface area contributed by atoms with Crippen LogP contribution < -0.4 is 10.0 Å². The topological polar surface area (TPSA) is 159 Å². The lowest BCUT2D eigenvalue weighted by molar-refractivity contribution is -0.124. The Kier molecular flexibility index (Phi) is 8.46. The standard InChI is InChI=1S/C23H23N5O6S/c1-2-12-25-22(30)15-34-23(31)19-14-17(8-11-20(19)29)27-26-16-6-9-18(10-7-16)35(32,33)28-21-5-3-4-13-24-21/h3-11,13-14,29H,2,12,15H2,1H3,(H,24,28)(H,25,30). The van der Waals surface area contributed by atoms with Crippen molar-refractivity contribution >= 4 is 39.1 Å². The molecule has 0 fully saturated rings. The first-order valence-electron chi connectivity index (χ1n) is 10.5. The fourth-order valence-electron chi connectivity index (χ4n) is 2.70. The van der Waals surface area contributed by atoms with Crippen LogP contribution in [0, 0.1) is 0 Å². The smallest absolute Gasteiger partial charge is 0.342 e. The number of phenolic OH excluding ortho intramolecular Hbond substituents is 1. The lowest BCUT2D eigenvalue weighted by Gasteiger charge is -2.07. The number of benzene rings is 2. The zero-order valence-electron chi connectivity index (χ0n) is 18.7. The van der Waals surface area contributed by atoms with E-state index in [4.69, 9.17) is 4.74 Å². The van der Waals surface area contributed by atoms with Gasteiger partial charge in [-0.25, -0.2) is 18.2 Å². The van der Waals surface area contributed by atoms with Crippen LogP contribution in [0.15, 0.2) is 82.0 Å². The van der Waals surface area contributed by atoms with Crippen molar-refractivity contribution in [1.29, 1.82) is 0 Å². The highest BCUT2D eigenvalue weighted by molar-refractivity contribution is 7.92. The molecule has 12 heteroatoms. The monoisotopic (exact) mass is 497 g/mol. The van der Waals surface area contributed by atoms with Gasteiger partial charge in [0.1, 0.15) is 17.1 Å². The molecule has 0 spiro atoms. The van der Waals surface area contributed by atoms with Crippen LogP contribution in [0.2, 0.25) is 0 Å². The molecule has 35 heavy (non-hydrogen) atoms. The molecule has 182 valence electrons. The van der Waals surface area contributed by atoms with Gasteiger partial charge in [0.05, 0.1) is 16.3 Å². The van der Waals surface area contributed by atoms with Crippen molar-refractivity contribution in [2.75, 3.05) is 17.9 Å². The molecule has 0 unspecified atom stereocenters. The van der Waals surface area contributed by atoms with E-state index in [1.165, 1.54) is 54.7 Å². The molecule has 3 aromatic rings. The summed E-state index contributed by atoms with van der Waals surface area (Å²) in [5.74, 6) is -1.48. The molecule has 1 amide bonds. The van der Waals surface area contributed by atoms with E-state index in [0.717, 1.165) is 6.42 Å². The van der Waals surface area contributed by atoms with Gasteiger partial charge < -0.3 is 15.2 Å². The second-order valence-electron chi connectivity index (χ2n) is 7.14. The first kappa shape index (κ1) is 25.3. The molecule has 0 aliphatic carbocycles. The van der Waals surface area contributed by atoms with Crippen molar-refractivity contribution in [3.05, 3.63) is 72.4 Å². The summed E-state index contributed by atoms with van der Waals surface area (Å²) in [5, 5.41) is 20.6. The summed E-state index contributed by atoms with van der Waals surface area (Å²) < 4.78 is 32.2. The summed E-state index contributed by atoms with van der Waals surface area (Å²) in [5.41, 5.74) is 0.414. The number of pyridine rings is 1. The van der Waals surface area contributed by atoms with E-state index in [9.17, 15) is 23.1 Å². The summed E-state index contributed by atoms with van der Waals surface area (Å²) in [4.78, 5) is 27.8. The van der Waals surface area contributed by atoms with E-state index in [1.54, 1.807) is 12.1 Å². The highest BCUT2D eigenvalue weighted by Gasteiger charge is 2.16. The van der Waals surface area contributed by atoms with Gasteiger partial charge in [0.15, 0.2) is 6.61 Å². The number of nitrogens with one attached hydrogen (secondary N) is 2. The van der Waals surface area contributed by atoms with Gasteiger partial charge in [-0.05, 0) is 61.0 Å². The Balaban J connectivity index is 1.66. The van der Waals surface area contributed by atoms with Gasteiger partial charge in [0.25, 0.3) is 15.9 Å². The Morgan fingerprint density at radius 3 is 2.43 bits per heavy atom. The number of phenols is 1. The van der Waals surface area contributed by atoms with Gasteiger partial charge in [-0.2, -0.15) is 10.2 Å². The summed E-state index contributed by atoms with van der Waals surface area (Å²) in [6.07, 6.45) is 2.22. The highest BCUT2D eigenvalue weighted by atomic mass is 32.2. The van der Waals surface area contributed by atoms with Crippen LogP contribution in [0.5, 0.6) is 5.75 Å². The lowest BCUT2D eigenvalue weighted by Crippen LogP contribution is -2.29. The molecule has 1 heterocycles. The number of carbonyl (C=O) groups is 2. The SMILES string of the molecule is CCCNC(=O)COC(=O)c1cc(N=Nc2ccc(S(=O)(=O)Nc3ccccn3)cc2)ccc1O. The van der Waals surface area contributed by atoms with Crippen molar-refractivity contribution in [2.24, 2.45) is 10.2 Å². The number of carbonyl (C=O) groups excluding carboxylic acids is 2. The number of sulfonamides is 1. The molecular formula is C23H23N5O6S. The van der Waals surface area contributed by atoms with E-state index in [2.05, 4.69) is 25.3 Å². The molecule has 3 N–H and O–H groups in total. The van der Waals surface area contributed by atoms with Crippen molar-refractivity contribution < 1.29 is 27.9 Å². The Labute approximate surface area is 201 Å². The summed E-state index contributed by atoms with van der Waals surface area (Å²) in [7, 11) is -3.83. The second-order valence-corrected chi connectivity index (χ2v) is 8.82. The van der Waals surface area contributed by atoms with E-state index in [0.29, 0.717) is 12.2 Å². The van der Waals surface area contributed by atoms with Gasteiger partial charge in [-0.1, -0.05) is 13.0 Å². The predicted octanol–water partition coefficient (Wildman–Crippen LogP) is 3.69. The second kappa shape index (κ2) is 11.7. The van der Waals surface area contributed by atoms with E-state index in [1.807, 2.05) is 6.92 Å². The zero-order chi connectivity index (χ0) is 25.3. The predicted molar refractivity (Wildman–Crippen MR) is 127 cm³/mol. The third kappa shape index (κ3) is 7.33. The number of azo groups is 1. The highest BCUT2D eigenvalue weighted by Crippen LogP contribution is 2.26. The number of nitrogens with zero attached hydrogens (tertiary/aromatic N) is 3. The van der Waals surface area contributed by atoms with Crippen LogP contribution >= 0.6 is 0 Å². The number of ether oxygens (including phenoxy) is 1. The molecule has 3 rings (SSSR count).